The number of aromatic nitrogens is 3. The van der Waals surface area contributed by atoms with Crippen LogP contribution in [0.25, 0.3) is 16.6 Å². The van der Waals surface area contributed by atoms with Crippen LogP contribution < -0.4 is 4.90 Å². The van der Waals surface area contributed by atoms with Crippen LogP contribution in [-0.2, 0) is 14.3 Å². The molecule has 0 saturated carbocycles. The first-order chi connectivity index (χ1) is 16.7. The molecule has 0 spiro atoms. The Hall–Kier alpha value is -2.65. The predicted molar refractivity (Wildman–Crippen MR) is 140 cm³/mol. The van der Waals surface area contributed by atoms with Crippen molar-refractivity contribution in [3.63, 3.8) is 0 Å². The molecule has 0 amide bonds. The van der Waals surface area contributed by atoms with E-state index in [1.165, 1.54) is 0 Å². The Morgan fingerprint density at radius 3 is 2.60 bits per heavy atom. The number of halogens is 2. The maximum absolute atomic E-state index is 12.6. The molecule has 2 heterocycles. The lowest BCUT2D eigenvalue weighted by Crippen LogP contribution is -2.33. The summed E-state index contributed by atoms with van der Waals surface area (Å²) in [5, 5.41) is 1.65. The van der Waals surface area contributed by atoms with Gasteiger partial charge >= 0.3 is 0 Å². The standard InChI is InChI=1S/C25H26Cl2N4O3S/c1-17(2)31(12-6-14-34-35(32,33)22-8-5-4-7-18(22)3)23-15-21(30-13-11-28-16-30)19-9-10-20(26)24(27)25(19)29-23/h4-5,7-11,13,15-17H,6,12,14H2,1-3H3. The van der Waals surface area contributed by atoms with E-state index in [0.29, 0.717) is 39.9 Å². The molecule has 184 valence electrons. The molecule has 0 radical (unpaired) electrons. The van der Waals surface area contributed by atoms with Gasteiger partial charge in [0.05, 0.1) is 39.1 Å². The molecule has 0 aliphatic carbocycles. The van der Waals surface area contributed by atoms with Gasteiger partial charge in [-0.1, -0.05) is 41.4 Å². The molecule has 4 aromatic rings. The topological polar surface area (TPSA) is 77.3 Å². The van der Waals surface area contributed by atoms with Gasteiger partial charge in [0, 0.05) is 36.4 Å². The maximum atomic E-state index is 12.6. The van der Waals surface area contributed by atoms with Gasteiger partial charge in [-0.15, -0.1) is 0 Å². The van der Waals surface area contributed by atoms with Crippen molar-refractivity contribution in [2.75, 3.05) is 18.1 Å². The molecule has 7 nitrogen and oxygen atoms in total. The highest BCUT2D eigenvalue weighted by Crippen LogP contribution is 2.35. The van der Waals surface area contributed by atoms with Gasteiger partial charge in [0.15, 0.2) is 0 Å². The summed E-state index contributed by atoms with van der Waals surface area (Å²) in [6.45, 7) is 6.42. The number of hydrogen-bond acceptors (Lipinski definition) is 6. The van der Waals surface area contributed by atoms with Gasteiger partial charge in [0.25, 0.3) is 10.1 Å². The van der Waals surface area contributed by atoms with Crippen LogP contribution in [0.2, 0.25) is 10.0 Å². The molecule has 0 N–H and O–H groups in total. The molecule has 10 heteroatoms. The molecule has 0 aliphatic heterocycles. The van der Waals surface area contributed by atoms with Crippen molar-refractivity contribution in [2.45, 2.75) is 38.1 Å². The number of fused-ring (bicyclic) bond motifs is 1. The van der Waals surface area contributed by atoms with Gasteiger partial charge in [0.1, 0.15) is 5.82 Å². The van der Waals surface area contributed by atoms with E-state index in [9.17, 15) is 8.42 Å². The average molecular weight is 533 g/mol. The normalized spacial score (nSPS) is 11.9. The van der Waals surface area contributed by atoms with E-state index >= 15 is 0 Å². The molecule has 0 unspecified atom stereocenters. The third kappa shape index (κ3) is 5.46. The van der Waals surface area contributed by atoms with Crippen LogP contribution in [0.3, 0.4) is 0 Å². The fraction of sp³-hybridized carbons (Fsp3) is 0.280. The lowest BCUT2D eigenvalue weighted by Gasteiger charge is -2.29. The van der Waals surface area contributed by atoms with Gasteiger partial charge in [-0.3, -0.25) is 4.18 Å². The first-order valence-corrected chi connectivity index (χ1v) is 13.3. The van der Waals surface area contributed by atoms with Crippen LogP contribution in [-0.4, -0.2) is 42.1 Å². The Balaban J connectivity index is 1.59. The van der Waals surface area contributed by atoms with E-state index in [4.69, 9.17) is 32.4 Å². The van der Waals surface area contributed by atoms with Gasteiger partial charge < -0.3 is 9.47 Å². The first-order valence-electron chi connectivity index (χ1n) is 11.2. The SMILES string of the molecule is Cc1ccccc1S(=O)(=O)OCCCN(c1cc(-n2ccnc2)c2ccc(Cl)c(Cl)c2n1)C(C)C. The lowest BCUT2D eigenvalue weighted by molar-refractivity contribution is 0.311. The van der Waals surface area contributed by atoms with E-state index in [1.54, 1.807) is 49.8 Å². The number of rotatable bonds is 9. The van der Waals surface area contributed by atoms with E-state index in [-0.39, 0.29) is 17.5 Å². The largest absolute Gasteiger partial charge is 0.354 e. The van der Waals surface area contributed by atoms with E-state index < -0.39 is 10.1 Å². The Morgan fingerprint density at radius 1 is 1.14 bits per heavy atom. The minimum atomic E-state index is -3.83. The maximum Gasteiger partial charge on any atom is 0.297 e. The van der Waals surface area contributed by atoms with Crippen molar-refractivity contribution >= 4 is 50.0 Å². The van der Waals surface area contributed by atoms with Crippen LogP contribution >= 0.6 is 23.2 Å². The number of pyridine rings is 1. The van der Waals surface area contributed by atoms with E-state index in [0.717, 1.165) is 11.1 Å². The molecule has 0 fully saturated rings. The van der Waals surface area contributed by atoms with Crippen molar-refractivity contribution in [3.05, 3.63) is 76.8 Å². The second-order valence-electron chi connectivity index (χ2n) is 8.41. The van der Waals surface area contributed by atoms with Crippen molar-refractivity contribution in [2.24, 2.45) is 0 Å². The van der Waals surface area contributed by atoms with Crippen molar-refractivity contribution in [1.82, 2.24) is 14.5 Å². The summed E-state index contributed by atoms with van der Waals surface area (Å²) in [6, 6.07) is 12.5. The quantitative estimate of drug-likeness (QED) is 0.193. The third-order valence-corrected chi connectivity index (χ3v) is 7.95. The highest BCUT2D eigenvalue weighted by atomic mass is 35.5. The van der Waals surface area contributed by atoms with Crippen molar-refractivity contribution < 1.29 is 12.6 Å². The Morgan fingerprint density at radius 2 is 1.91 bits per heavy atom. The predicted octanol–water partition coefficient (Wildman–Crippen LogP) is 6.05. The molecule has 0 atom stereocenters. The van der Waals surface area contributed by atoms with Crippen molar-refractivity contribution in [3.8, 4) is 5.69 Å². The molecule has 2 aromatic heterocycles. The van der Waals surface area contributed by atoms with E-state index in [1.807, 2.05) is 36.7 Å². The zero-order valence-corrected chi connectivity index (χ0v) is 22.0. The Labute approximate surface area is 215 Å². The number of imidazole rings is 1. The minimum absolute atomic E-state index is 0.0500. The summed E-state index contributed by atoms with van der Waals surface area (Å²) in [5.41, 5.74) is 2.11. The van der Waals surface area contributed by atoms with Gasteiger partial charge in [0.2, 0.25) is 0 Å². The van der Waals surface area contributed by atoms with E-state index in [2.05, 4.69) is 9.88 Å². The summed E-state index contributed by atoms with van der Waals surface area (Å²) in [4.78, 5) is 11.3. The van der Waals surface area contributed by atoms with Crippen LogP contribution in [0.15, 0.2) is 66.1 Å². The monoisotopic (exact) mass is 532 g/mol. The molecule has 2 aromatic carbocycles. The summed E-state index contributed by atoms with van der Waals surface area (Å²) >= 11 is 12.8. The highest BCUT2D eigenvalue weighted by Gasteiger charge is 2.20. The summed E-state index contributed by atoms with van der Waals surface area (Å²) in [5.74, 6) is 0.696. The molecular formula is C25H26Cl2N4O3S. The first kappa shape index (κ1) is 25.4. The Kier molecular flexibility index (Phi) is 7.66. The highest BCUT2D eigenvalue weighted by molar-refractivity contribution is 7.86. The Bertz CT molecular complexity index is 1440. The van der Waals surface area contributed by atoms with Crippen LogP contribution in [0, 0.1) is 6.92 Å². The summed E-state index contributed by atoms with van der Waals surface area (Å²) in [6.07, 6.45) is 5.75. The minimum Gasteiger partial charge on any atom is -0.354 e. The van der Waals surface area contributed by atoms with Gasteiger partial charge in [-0.25, -0.2) is 9.97 Å². The fourth-order valence-corrected chi connectivity index (χ4v) is 5.44. The van der Waals surface area contributed by atoms with Gasteiger partial charge in [-0.05, 0) is 51.0 Å². The average Bonchev–Trinajstić information content (AvgIpc) is 3.36. The second kappa shape index (κ2) is 10.5. The summed E-state index contributed by atoms with van der Waals surface area (Å²) in [7, 11) is -3.83. The number of anilines is 1. The second-order valence-corrected chi connectivity index (χ2v) is 10.8. The third-order valence-electron chi connectivity index (χ3n) is 5.68. The molecule has 0 aliphatic rings. The molecule has 4 rings (SSSR count). The van der Waals surface area contributed by atoms with Gasteiger partial charge in [-0.2, -0.15) is 8.42 Å². The molecule has 0 bridgehead atoms. The van der Waals surface area contributed by atoms with Crippen LogP contribution in [0.4, 0.5) is 5.82 Å². The molecule has 0 saturated heterocycles. The lowest BCUT2D eigenvalue weighted by atomic mass is 10.1. The fourth-order valence-electron chi connectivity index (χ4n) is 3.91. The summed E-state index contributed by atoms with van der Waals surface area (Å²) < 4.78 is 32.4. The molecular weight excluding hydrogens is 507 g/mol. The van der Waals surface area contributed by atoms with Crippen LogP contribution in [0.1, 0.15) is 25.8 Å². The number of aryl methyl sites for hydroxylation is 1. The zero-order chi connectivity index (χ0) is 25.2. The number of nitrogens with zero attached hydrogens (tertiary/aromatic N) is 4. The number of hydrogen-bond donors (Lipinski definition) is 0. The smallest absolute Gasteiger partial charge is 0.297 e. The number of benzene rings is 2. The molecule has 35 heavy (non-hydrogen) atoms. The zero-order valence-electron chi connectivity index (χ0n) is 19.6. The van der Waals surface area contributed by atoms with Crippen molar-refractivity contribution in [1.29, 1.82) is 0 Å². The van der Waals surface area contributed by atoms with Crippen LogP contribution in [0.5, 0.6) is 0 Å².